The molecule has 3 aromatic rings. The zero-order valence-electron chi connectivity index (χ0n) is 12.9. The molecule has 0 atom stereocenters. The summed E-state index contributed by atoms with van der Waals surface area (Å²) in [5.41, 5.74) is 3.99. The number of hydrogen-bond acceptors (Lipinski definition) is 4. The maximum Gasteiger partial charge on any atom is 0.275 e. The van der Waals surface area contributed by atoms with Crippen molar-refractivity contribution in [3.63, 3.8) is 0 Å². The standard InChI is InChI=1S/C18H15N3O3/c1-12(22)21-11-13(14-6-2-4-8-16(14)21)10-19-20-18(24)15-7-3-5-9-17(15)23/h2-11,23H,1H3,(H,20,24)/b19-10+. The number of aromatic nitrogens is 1. The molecule has 6 nitrogen and oxygen atoms in total. The highest BCUT2D eigenvalue weighted by Gasteiger charge is 2.10. The Morgan fingerprint density at radius 1 is 1.12 bits per heavy atom. The summed E-state index contributed by atoms with van der Waals surface area (Å²) in [6.45, 7) is 1.48. The van der Waals surface area contributed by atoms with E-state index in [9.17, 15) is 14.7 Å². The Morgan fingerprint density at radius 3 is 2.58 bits per heavy atom. The number of hydrogen-bond donors (Lipinski definition) is 2. The van der Waals surface area contributed by atoms with Crippen molar-refractivity contribution in [2.24, 2.45) is 5.10 Å². The molecule has 2 aromatic carbocycles. The number of carbonyl (C=O) groups excluding carboxylic acids is 2. The highest BCUT2D eigenvalue weighted by atomic mass is 16.3. The molecule has 3 rings (SSSR count). The maximum atomic E-state index is 12.0. The summed E-state index contributed by atoms with van der Waals surface area (Å²) in [6.07, 6.45) is 3.14. The van der Waals surface area contributed by atoms with Gasteiger partial charge in [-0.25, -0.2) is 5.43 Å². The number of nitrogens with zero attached hydrogens (tertiary/aromatic N) is 2. The van der Waals surface area contributed by atoms with Gasteiger partial charge in [0.2, 0.25) is 5.91 Å². The number of hydrazone groups is 1. The molecule has 1 heterocycles. The SMILES string of the molecule is CC(=O)n1cc(/C=N/NC(=O)c2ccccc2O)c2ccccc21. The van der Waals surface area contributed by atoms with Crippen molar-refractivity contribution in [1.82, 2.24) is 9.99 Å². The third kappa shape index (κ3) is 2.89. The summed E-state index contributed by atoms with van der Waals surface area (Å²) < 4.78 is 1.53. The molecule has 0 radical (unpaired) electrons. The van der Waals surface area contributed by atoms with E-state index in [0.717, 1.165) is 10.9 Å². The van der Waals surface area contributed by atoms with Gasteiger partial charge in [-0.3, -0.25) is 14.2 Å². The Balaban J connectivity index is 1.85. The van der Waals surface area contributed by atoms with Gasteiger partial charge in [0.25, 0.3) is 5.91 Å². The Kier molecular flexibility index (Phi) is 4.11. The van der Waals surface area contributed by atoms with Crippen molar-refractivity contribution in [3.8, 4) is 5.75 Å². The van der Waals surface area contributed by atoms with E-state index in [4.69, 9.17) is 0 Å². The summed E-state index contributed by atoms with van der Waals surface area (Å²) in [6, 6.07) is 13.6. The van der Waals surface area contributed by atoms with Crippen LogP contribution in [0.1, 0.15) is 27.6 Å². The zero-order valence-corrected chi connectivity index (χ0v) is 12.9. The Labute approximate surface area is 138 Å². The predicted molar refractivity (Wildman–Crippen MR) is 91.4 cm³/mol. The molecule has 0 aliphatic carbocycles. The van der Waals surface area contributed by atoms with Gasteiger partial charge in [0.05, 0.1) is 17.3 Å². The van der Waals surface area contributed by atoms with Crippen LogP contribution in [0.2, 0.25) is 0 Å². The lowest BCUT2D eigenvalue weighted by molar-refractivity contribution is 0.0936. The number of aromatic hydroxyl groups is 1. The molecule has 0 aliphatic heterocycles. The van der Waals surface area contributed by atoms with Gasteiger partial charge >= 0.3 is 0 Å². The lowest BCUT2D eigenvalue weighted by Crippen LogP contribution is -2.17. The Hall–Kier alpha value is -3.41. The molecule has 0 saturated heterocycles. The van der Waals surface area contributed by atoms with E-state index >= 15 is 0 Å². The van der Waals surface area contributed by atoms with Crippen LogP contribution >= 0.6 is 0 Å². The second kappa shape index (κ2) is 6.37. The average Bonchev–Trinajstić information content (AvgIpc) is 2.94. The lowest BCUT2D eigenvalue weighted by Gasteiger charge is -2.01. The summed E-state index contributed by atoms with van der Waals surface area (Å²) in [4.78, 5) is 23.7. The molecule has 0 aliphatic rings. The second-order valence-electron chi connectivity index (χ2n) is 5.21. The van der Waals surface area contributed by atoms with Gasteiger partial charge < -0.3 is 5.11 Å². The van der Waals surface area contributed by atoms with Crippen LogP contribution in [-0.2, 0) is 0 Å². The summed E-state index contributed by atoms with van der Waals surface area (Å²) in [5, 5.41) is 14.4. The van der Waals surface area contributed by atoms with Crippen LogP contribution in [0, 0.1) is 0 Å². The van der Waals surface area contributed by atoms with Gasteiger partial charge in [-0.2, -0.15) is 5.10 Å². The molecule has 24 heavy (non-hydrogen) atoms. The number of para-hydroxylation sites is 2. The second-order valence-corrected chi connectivity index (χ2v) is 5.21. The minimum absolute atomic E-state index is 0.107. The van der Waals surface area contributed by atoms with Gasteiger partial charge in [0.1, 0.15) is 5.75 Å². The first kappa shape index (κ1) is 15.5. The number of phenolic OH excluding ortho intramolecular Hbond substituents is 1. The molecule has 120 valence electrons. The molecule has 0 fully saturated rings. The zero-order chi connectivity index (χ0) is 17.1. The maximum absolute atomic E-state index is 12.0. The number of rotatable bonds is 3. The molecule has 6 heteroatoms. The Morgan fingerprint density at radius 2 is 1.83 bits per heavy atom. The van der Waals surface area contributed by atoms with E-state index in [1.54, 1.807) is 18.3 Å². The highest BCUT2D eigenvalue weighted by molar-refractivity contribution is 6.04. The minimum atomic E-state index is -0.514. The quantitative estimate of drug-likeness (QED) is 0.575. The summed E-state index contributed by atoms with van der Waals surface area (Å²) in [7, 11) is 0. The molecule has 1 aromatic heterocycles. The molecule has 2 N–H and O–H groups in total. The number of fused-ring (bicyclic) bond motifs is 1. The topological polar surface area (TPSA) is 83.7 Å². The predicted octanol–water partition coefficient (Wildman–Crippen LogP) is 2.77. The van der Waals surface area contributed by atoms with E-state index < -0.39 is 5.91 Å². The van der Waals surface area contributed by atoms with Crippen LogP contribution in [0.15, 0.2) is 59.8 Å². The normalized spacial score (nSPS) is 11.0. The van der Waals surface area contributed by atoms with E-state index in [1.165, 1.54) is 29.8 Å². The smallest absolute Gasteiger partial charge is 0.275 e. The number of nitrogens with one attached hydrogen (secondary N) is 1. The molecular weight excluding hydrogens is 306 g/mol. The van der Waals surface area contributed by atoms with Crippen LogP contribution in [0.4, 0.5) is 0 Å². The van der Waals surface area contributed by atoms with Gasteiger partial charge in [0, 0.05) is 24.1 Å². The minimum Gasteiger partial charge on any atom is -0.507 e. The van der Waals surface area contributed by atoms with Crippen molar-refractivity contribution < 1.29 is 14.7 Å². The monoisotopic (exact) mass is 321 g/mol. The summed E-state index contributed by atoms with van der Waals surface area (Å²) in [5.74, 6) is -0.734. The first-order chi connectivity index (χ1) is 11.6. The molecular formula is C18H15N3O3. The fourth-order valence-electron chi connectivity index (χ4n) is 2.46. The molecule has 0 bridgehead atoms. The fourth-order valence-corrected chi connectivity index (χ4v) is 2.46. The highest BCUT2D eigenvalue weighted by Crippen LogP contribution is 2.20. The van der Waals surface area contributed by atoms with Crippen molar-refractivity contribution in [2.45, 2.75) is 6.92 Å². The van der Waals surface area contributed by atoms with E-state index in [-0.39, 0.29) is 17.2 Å². The molecule has 1 amide bonds. The third-order valence-corrected chi connectivity index (χ3v) is 3.60. The largest absolute Gasteiger partial charge is 0.507 e. The fraction of sp³-hybridized carbons (Fsp3) is 0.0556. The summed E-state index contributed by atoms with van der Waals surface area (Å²) >= 11 is 0. The first-order valence-corrected chi connectivity index (χ1v) is 7.30. The number of phenols is 1. The van der Waals surface area contributed by atoms with Gasteiger partial charge in [0.15, 0.2) is 0 Å². The lowest BCUT2D eigenvalue weighted by atomic mass is 10.2. The number of carbonyl (C=O) groups is 2. The number of benzene rings is 2. The van der Waals surface area contributed by atoms with Gasteiger partial charge in [-0.05, 0) is 18.2 Å². The van der Waals surface area contributed by atoms with Crippen LogP contribution in [0.5, 0.6) is 5.75 Å². The van der Waals surface area contributed by atoms with Crippen molar-refractivity contribution >= 4 is 28.9 Å². The van der Waals surface area contributed by atoms with Crippen LogP contribution in [-0.4, -0.2) is 27.7 Å². The van der Waals surface area contributed by atoms with Crippen LogP contribution in [0.25, 0.3) is 10.9 Å². The van der Waals surface area contributed by atoms with Gasteiger partial charge in [-0.1, -0.05) is 30.3 Å². The average molecular weight is 321 g/mol. The first-order valence-electron chi connectivity index (χ1n) is 7.30. The number of amides is 1. The van der Waals surface area contributed by atoms with Crippen molar-refractivity contribution in [2.75, 3.05) is 0 Å². The molecule has 0 unspecified atom stereocenters. The van der Waals surface area contributed by atoms with E-state index in [1.807, 2.05) is 24.3 Å². The van der Waals surface area contributed by atoms with Crippen LogP contribution < -0.4 is 5.43 Å². The van der Waals surface area contributed by atoms with Crippen molar-refractivity contribution in [3.05, 3.63) is 65.9 Å². The Bertz CT molecular complexity index is 957. The molecule has 0 saturated carbocycles. The van der Waals surface area contributed by atoms with E-state index in [2.05, 4.69) is 10.5 Å². The van der Waals surface area contributed by atoms with Crippen molar-refractivity contribution in [1.29, 1.82) is 0 Å². The van der Waals surface area contributed by atoms with Crippen LogP contribution in [0.3, 0.4) is 0 Å². The van der Waals surface area contributed by atoms with Gasteiger partial charge in [-0.15, -0.1) is 0 Å². The van der Waals surface area contributed by atoms with E-state index in [0.29, 0.717) is 5.56 Å². The third-order valence-electron chi connectivity index (χ3n) is 3.60. The molecule has 0 spiro atoms.